The number of nitrogens with zero attached hydrogens (tertiary/aromatic N) is 3. The van der Waals surface area contributed by atoms with Gasteiger partial charge in [0.2, 0.25) is 17.7 Å². The summed E-state index contributed by atoms with van der Waals surface area (Å²) in [6.07, 6.45) is 11.4. The van der Waals surface area contributed by atoms with Crippen molar-refractivity contribution in [1.29, 1.82) is 0 Å². The van der Waals surface area contributed by atoms with Crippen LogP contribution in [0.4, 0.5) is 0 Å². The van der Waals surface area contributed by atoms with Gasteiger partial charge in [0, 0.05) is 39.3 Å². The molecule has 38 heavy (non-hydrogen) atoms. The van der Waals surface area contributed by atoms with Crippen LogP contribution in [0.3, 0.4) is 0 Å². The van der Waals surface area contributed by atoms with Gasteiger partial charge in [-0.2, -0.15) is 0 Å². The quantitative estimate of drug-likeness (QED) is 0.216. The Morgan fingerprint density at radius 3 is 2.32 bits per heavy atom. The van der Waals surface area contributed by atoms with E-state index in [9.17, 15) is 14.4 Å². The van der Waals surface area contributed by atoms with E-state index in [1.165, 1.54) is 0 Å². The van der Waals surface area contributed by atoms with Crippen molar-refractivity contribution in [2.24, 2.45) is 11.8 Å². The third kappa shape index (κ3) is 6.01. The molecule has 1 spiro atoms. The number of likely N-dealkylation sites (tertiary alicyclic amines) is 1. The minimum absolute atomic E-state index is 0.0569. The number of carbonyl (C=O) groups is 3. The predicted molar refractivity (Wildman–Crippen MR) is 148 cm³/mol. The SMILES string of the molecule is C=CCN(CCCCC)C(=O)C1N(CCCCCCO)C(=O)[C@@H]2[C@H](C(=O)N(CC=C)CCC)[C@@H]3CCC12O3. The molecule has 2 unspecified atom stereocenters. The maximum Gasteiger partial charge on any atom is 0.248 e. The number of aliphatic hydroxyl groups excluding tert-OH is 1. The first kappa shape index (κ1) is 30.4. The Morgan fingerprint density at radius 1 is 1.00 bits per heavy atom. The van der Waals surface area contributed by atoms with Crippen molar-refractivity contribution in [3.05, 3.63) is 25.3 Å². The van der Waals surface area contributed by atoms with E-state index in [1.54, 1.807) is 22.0 Å². The Balaban J connectivity index is 1.93. The molecule has 0 aromatic carbocycles. The van der Waals surface area contributed by atoms with Gasteiger partial charge < -0.3 is 24.5 Å². The van der Waals surface area contributed by atoms with Gasteiger partial charge in [-0.05, 0) is 38.5 Å². The smallest absolute Gasteiger partial charge is 0.248 e. The minimum Gasteiger partial charge on any atom is -0.396 e. The van der Waals surface area contributed by atoms with Crippen LogP contribution in [-0.4, -0.2) is 94.6 Å². The summed E-state index contributed by atoms with van der Waals surface area (Å²) in [6, 6.07) is -0.721. The Kier molecular flexibility index (Phi) is 11.4. The molecule has 3 fully saturated rings. The lowest BCUT2D eigenvalue weighted by Gasteiger charge is -2.37. The highest BCUT2D eigenvalue weighted by molar-refractivity contribution is 5.99. The van der Waals surface area contributed by atoms with Crippen molar-refractivity contribution < 1.29 is 24.2 Å². The van der Waals surface area contributed by atoms with Gasteiger partial charge in [-0.15, -0.1) is 13.2 Å². The largest absolute Gasteiger partial charge is 0.396 e. The van der Waals surface area contributed by atoms with Crippen molar-refractivity contribution in [1.82, 2.24) is 14.7 Å². The molecule has 0 aromatic rings. The van der Waals surface area contributed by atoms with E-state index in [-0.39, 0.29) is 30.4 Å². The van der Waals surface area contributed by atoms with Gasteiger partial charge in [-0.1, -0.05) is 51.7 Å². The number of hydrogen-bond acceptors (Lipinski definition) is 5. The van der Waals surface area contributed by atoms with Crippen LogP contribution in [0.25, 0.3) is 0 Å². The van der Waals surface area contributed by atoms with E-state index in [4.69, 9.17) is 9.84 Å². The zero-order chi connectivity index (χ0) is 27.7. The normalized spacial score (nSPS) is 27.4. The van der Waals surface area contributed by atoms with Crippen LogP contribution in [0.15, 0.2) is 25.3 Å². The molecule has 0 aromatic heterocycles. The number of rotatable bonds is 18. The molecule has 0 radical (unpaired) electrons. The van der Waals surface area contributed by atoms with Gasteiger partial charge in [0.15, 0.2) is 0 Å². The first-order valence-corrected chi connectivity index (χ1v) is 14.8. The van der Waals surface area contributed by atoms with Gasteiger partial charge in [-0.3, -0.25) is 14.4 Å². The maximum atomic E-state index is 14.2. The molecular weight excluding hydrogens is 482 g/mol. The van der Waals surface area contributed by atoms with Crippen molar-refractivity contribution >= 4 is 17.7 Å². The first-order valence-electron chi connectivity index (χ1n) is 14.8. The summed E-state index contributed by atoms with van der Waals surface area (Å²) in [7, 11) is 0. The molecule has 3 amide bonds. The van der Waals surface area contributed by atoms with Crippen molar-refractivity contribution in [2.75, 3.05) is 39.3 Å². The van der Waals surface area contributed by atoms with Crippen LogP contribution in [-0.2, 0) is 19.1 Å². The molecule has 3 saturated heterocycles. The standard InChI is InChI=1S/C30H49N3O5/c1-5-9-12-20-32(19-8-4)29(37)26-30-16-15-23(38-30)24(27(35)31(17-6-2)18-7-3)25(30)28(36)33(26)21-13-10-11-14-22-34/h6,8,23-26,34H,2,4-5,7,9-22H2,1,3H3/t23-,24+,25-,26?,30?/m0/s1. The van der Waals surface area contributed by atoms with Crippen molar-refractivity contribution in [2.45, 2.75) is 95.8 Å². The molecule has 3 aliphatic heterocycles. The van der Waals surface area contributed by atoms with E-state index in [1.807, 2.05) is 11.8 Å². The number of hydrogen-bond donors (Lipinski definition) is 1. The predicted octanol–water partition coefficient (Wildman–Crippen LogP) is 3.54. The number of ether oxygens (including phenoxy) is 1. The first-order chi connectivity index (χ1) is 18.4. The number of unbranched alkanes of at least 4 members (excludes halogenated alkanes) is 5. The van der Waals surface area contributed by atoms with E-state index >= 15 is 0 Å². The topological polar surface area (TPSA) is 90.4 Å². The minimum atomic E-state index is -0.958. The summed E-state index contributed by atoms with van der Waals surface area (Å²) in [5, 5.41) is 9.13. The second kappa shape index (κ2) is 14.3. The Bertz CT molecular complexity index is 848. The molecule has 3 rings (SSSR count). The van der Waals surface area contributed by atoms with Crippen molar-refractivity contribution in [3.63, 3.8) is 0 Å². The zero-order valence-corrected chi connectivity index (χ0v) is 23.6. The second-order valence-corrected chi connectivity index (χ2v) is 11.1. The maximum absolute atomic E-state index is 14.2. The summed E-state index contributed by atoms with van der Waals surface area (Å²) >= 11 is 0. The van der Waals surface area contributed by atoms with Crippen LogP contribution in [0.2, 0.25) is 0 Å². The monoisotopic (exact) mass is 531 g/mol. The summed E-state index contributed by atoms with van der Waals surface area (Å²) < 4.78 is 6.62. The average molecular weight is 532 g/mol. The molecule has 8 heteroatoms. The van der Waals surface area contributed by atoms with Crippen LogP contribution >= 0.6 is 0 Å². The highest BCUT2D eigenvalue weighted by atomic mass is 16.5. The van der Waals surface area contributed by atoms with Crippen LogP contribution in [0, 0.1) is 11.8 Å². The van der Waals surface area contributed by atoms with Crippen molar-refractivity contribution in [3.8, 4) is 0 Å². The summed E-state index contributed by atoms with van der Waals surface area (Å²) in [5.41, 5.74) is -0.958. The Hall–Kier alpha value is -2.19. The molecular formula is C30H49N3O5. The fourth-order valence-electron chi connectivity index (χ4n) is 6.80. The highest BCUT2D eigenvalue weighted by Gasteiger charge is 2.74. The second-order valence-electron chi connectivity index (χ2n) is 11.1. The average Bonchev–Trinajstić information content (AvgIpc) is 3.55. The van der Waals surface area contributed by atoms with E-state index in [2.05, 4.69) is 20.1 Å². The van der Waals surface area contributed by atoms with Gasteiger partial charge in [0.05, 0.1) is 17.9 Å². The molecule has 3 heterocycles. The van der Waals surface area contributed by atoms with E-state index in [0.717, 1.165) is 51.4 Å². The lowest BCUT2D eigenvalue weighted by atomic mass is 9.70. The fourth-order valence-corrected chi connectivity index (χ4v) is 6.80. The lowest BCUT2D eigenvalue weighted by molar-refractivity contribution is -0.148. The van der Waals surface area contributed by atoms with Crippen LogP contribution in [0.1, 0.15) is 78.1 Å². The molecule has 1 N–H and O–H groups in total. The van der Waals surface area contributed by atoms with Gasteiger partial charge in [0.25, 0.3) is 0 Å². The number of fused-ring (bicyclic) bond motifs is 1. The summed E-state index contributed by atoms with van der Waals surface area (Å²) in [5.74, 6) is -1.46. The molecule has 3 aliphatic rings. The Morgan fingerprint density at radius 2 is 1.68 bits per heavy atom. The Labute approximate surface area is 229 Å². The summed E-state index contributed by atoms with van der Waals surface area (Å²) in [6.45, 7) is 14.5. The molecule has 8 nitrogen and oxygen atoms in total. The lowest BCUT2D eigenvalue weighted by Crippen LogP contribution is -2.56. The fraction of sp³-hybridized carbons (Fsp3) is 0.767. The van der Waals surface area contributed by atoms with E-state index in [0.29, 0.717) is 45.6 Å². The third-order valence-electron chi connectivity index (χ3n) is 8.47. The zero-order valence-electron chi connectivity index (χ0n) is 23.6. The van der Waals surface area contributed by atoms with Crippen LogP contribution < -0.4 is 0 Å². The van der Waals surface area contributed by atoms with E-state index < -0.39 is 23.5 Å². The molecule has 0 saturated carbocycles. The summed E-state index contributed by atoms with van der Waals surface area (Å²) in [4.78, 5) is 47.5. The molecule has 214 valence electrons. The molecule has 2 bridgehead atoms. The van der Waals surface area contributed by atoms with Gasteiger partial charge in [-0.25, -0.2) is 0 Å². The van der Waals surface area contributed by atoms with Crippen LogP contribution in [0.5, 0.6) is 0 Å². The van der Waals surface area contributed by atoms with Gasteiger partial charge in [0.1, 0.15) is 11.6 Å². The number of amides is 3. The molecule has 0 aliphatic carbocycles. The number of carbonyl (C=O) groups excluding carboxylic acids is 3. The van der Waals surface area contributed by atoms with Gasteiger partial charge >= 0.3 is 0 Å². The molecule has 5 atom stereocenters. The third-order valence-corrected chi connectivity index (χ3v) is 8.47. The number of aliphatic hydroxyl groups is 1. The highest BCUT2D eigenvalue weighted by Crippen LogP contribution is 2.59.